The van der Waals surface area contributed by atoms with Gasteiger partial charge in [0.15, 0.2) is 0 Å². The zero-order valence-corrected chi connectivity index (χ0v) is 19.9. The summed E-state index contributed by atoms with van der Waals surface area (Å²) in [5, 5.41) is 1.40. The number of nitrogens with zero attached hydrogens (tertiary/aromatic N) is 1. The molecule has 5 rings (SSSR count). The molecule has 3 atom stereocenters. The van der Waals surface area contributed by atoms with Gasteiger partial charge in [0.1, 0.15) is 11.3 Å². The van der Waals surface area contributed by atoms with Gasteiger partial charge in [0.05, 0.1) is 0 Å². The fraction of sp³-hybridized carbons (Fsp3) is 0.615. The van der Waals surface area contributed by atoms with E-state index in [-0.39, 0.29) is 0 Å². The molecule has 30 heavy (non-hydrogen) atoms. The van der Waals surface area contributed by atoms with Gasteiger partial charge in [0, 0.05) is 23.0 Å². The van der Waals surface area contributed by atoms with Crippen LogP contribution in [-0.2, 0) is 12.8 Å². The van der Waals surface area contributed by atoms with E-state index >= 15 is 0 Å². The van der Waals surface area contributed by atoms with Crippen molar-refractivity contribution in [2.45, 2.75) is 97.1 Å². The van der Waals surface area contributed by atoms with Crippen molar-refractivity contribution in [3.05, 3.63) is 40.7 Å². The molecular weight excluding hydrogens is 389 g/mol. The molecule has 4 heteroatoms. The van der Waals surface area contributed by atoms with Crippen molar-refractivity contribution in [3.63, 3.8) is 0 Å². The summed E-state index contributed by atoms with van der Waals surface area (Å²) in [6.07, 6.45) is 15.0. The van der Waals surface area contributed by atoms with Crippen LogP contribution in [0.2, 0.25) is 0 Å². The highest BCUT2D eigenvalue weighted by Gasteiger charge is 2.34. The van der Waals surface area contributed by atoms with Crippen LogP contribution in [0.5, 0.6) is 0 Å². The van der Waals surface area contributed by atoms with Gasteiger partial charge in [-0.3, -0.25) is 0 Å². The maximum absolute atomic E-state index is 6.78. The average molecular weight is 426 g/mol. The molecule has 1 unspecified atom stereocenters. The Balaban J connectivity index is 1.84. The molecule has 2 aromatic rings. The van der Waals surface area contributed by atoms with E-state index < -0.39 is 8.16 Å². The van der Waals surface area contributed by atoms with Gasteiger partial charge < -0.3 is 8.39 Å². The lowest BCUT2D eigenvalue weighted by Gasteiger charge is -2.33. The maximum Gasteiger partial charge on any atom is 0.310 e. The first-order valence-electron chi connectivity index (χ1n) is 12.1. The number of fused-ring (bicyclic) bond motifs is 7. The van der Waals surface area contributed by atoms with E-state index in [1.54, 1.807) is 5.56 Å². The topological polar surface area (TPSA) is 29.5 Å². The number of hydrogen-bond acceptors (Lipinski definition) is 3. The number of rotatable bonds is 3. The van der Waals surface area contributed by atoms with E-state index in [0.29, 0.717) is 23.9 Å². The molecular formula is C26H36NO2P. The van der Waals surface area contributed by atoms with Crippen LogP contribution in [0.3, 0.4) is 0 Å². The molecule has 0 bridgehead atoms. The van der Waals surface area contributed by atoms with Crippen molar-refractivity contribution in [2.24, 2.45) is 5.92 Å². The van der Waals surface area contributed by atoms with Crippen LogP contribution in [0.4, 0.5) is 0 Å². The molecule has 3 aliphatic carbocycles. The lowest BCUT2D eigenvalue weighted by atomic mass is 9.71. The smallest absolute Gasteiger partial charge is 0.310 e. The zero-order chi connectivity index (χ0) is 20.8. The van der Waals surface area contributed by atoms with Crippen LogP contribution in [0, 0.1) is 5.92 Å². The standard InChI is InChI=1S/C26H36NO2P/c1-17(2)27(18(3)4)30-28-23-15-13-19-9-5-7-11-21(19)25(23)26-22-12-8-6-10-20(22)14-16-24(26)29-30/h13-19,21H,5-12H2,1-4H3/t19-,21+,30?/m0/s1. The van der Waals surface area contributed by atoms with Gasteiger partial charge in [0.2, 0.25) is 0 Å². The van der Waals surface area contributed by atoms with Crippen molar-refractivity contribution in [1.82, 2.24) is 0 Å². The van der Waals surface area contributed by atoms with Crippen LogP contribution in [0.15, 0.2) is 26.6 Å². The first kappa shape index (κ1) is 20.5. The van der Waals surface area contributed by atoms with Gasteiger partial charge in [-0.05, 0) is 101 Å². The van der Waals surface area contributed by atoms with Crippen molar-refractivity contribution in [2.75, 3.05) is 4.67 Å². The van der Waals surface area contributed by atoms with E-state index in [1.165, 1.54) is 67.9 Å². The molecule has 0 saturated heterocycles. The Bertz CT molecular complexity index is 996. The minimum absolute atomic E-state index is 0.370. The fourth-order valence-corrected chi connectivity index (χ4v) is 7.68. The van der Waals surface area contributed by atoms with Gasteiger partial charge in [-0.2, -0.15) is 4.67 Å². The Kier molecular flexibility index (Phi) is 5.62. The van der Waals surface area contributed by atoms with Gasteiger partial charge >= 0.3 is 8.16 Å². The number of hydrogen-bond donors (Lipinski definition) is 0. The predicted octanol–water partition coefficient (Wildman–Crippen LogP) is 8.07. The zero-order valence-electron chi connectivity index (χ0n) is 19.0. The summed E-state index contributed by atoms with van der Waals surface area (Å²) in [7, 11) is -1.18. The molecule has 3 aliphatic rings. The van der Waals surface area contributed by atoms with Gasteiger partial charge in [0.25, 0.3) is 0 Å². The van der Waals surface area contributed by atoms with Crippen LogP contribution in [-0.4, -0.2) is 12.1 Å². The summed E-state index contributed by atoms with van der Waals surface area (Å²) in [4.78, 5) is 0. The van der Waals surface area contributed by atoms with E-state index in [0.717, 1.165) is 11.3 Å². The Morgan fingerprint density at radius 3 is 2.50 bits per heavy atom. The fourth-order valence-electron chi connectivity index (χ4n) is 6.05. The molecule has 1 aromatic carbocycles. The van der Waals surface area contributed by atoms with Crippen molar-refractivity contribution >= 4 is 25.2 Å². The summed E-state index contributed by atoms with van der Waals surface area (Å²) in [5.41, 5.74) is 5.62. The minimum atomic E-state index is -1.18. The second-order valence-electron chi connectivity index (χ2n) is 9.96. The lowest BCUT2D eigenvalue weighted by Crippen LogP contribution is -2.34. The first-order chi connectivity index (χ1) is 14.5. The largest absolute Gasteiger partial charge is 0.408 e. The lowest BCUT2D eigenvalue weighted by molar-refractivity contribution is 0.356. The highest BCUT2D eigenvalue weighted by molar-refractivity contribution is 7.38. The summed E-state index contributed by atoms with van der Waals surface area (Å²) in [6, 6.07) is 5.32. The first-order valence-corrected chi connectivity index (χ1v) is 13.2. The Morgan fingerprint density at radius 2 is 1.70 bits per heavy atom. The summed E-state index contributed by atoms with van der Waals surface area (Å²) >= 11 is 0. The van der Waals surface area contributed by atoms with Crippen LogP contribution in [0.25, 0.3) is 17.0 Å². The summed E-state index contributed by atoms with van der Waals surface area (Å²) in [5.74, 6) is 2.33. The highest BCUT2D eigenvalue weighted by Crippen LogP contribution is 2.50. The molecule has 1 fully saturated rings. The van der Waals surface area contributed by atoms with Gasteiger partial charge in [-0.25, -0.2) is 0 Å². The molecule has 1 aromatic heterocycles. The van der Waals surface area contributed by atoms with E-state index in [2.05, 4.69) is 56.7 Å². The molecule has 0 spiro atoms. The maximum atomic E-state index is 6.78. The third kappa shape index (κ3) is 3.49. The number of benzene rings is 1. The van der Waals surface area contributed by atoms with E-state index in [1.807, 2.05) is 0 Å². The van der Waals surface area contributed by atoms with Crippen molar-refractivity contribution in [3.8, 4) is 0 Å². The van der Waals surface area contributed by atoms with Crippen LogP contribution in [0.1, 0.15) is 94.6 Å². The third-order valence-electron chi connectivity index (χ3n) is 7.31. The monoisotopic (exact) mass is 425 g/mol. The summed E-state index contributed by atoms with van der Waals surface area (Å²) < 4.78 is 16.0. The quantitative estimate of drug-likeness (QED) is 0.498. The normalized spacial score (nSPS) is 23.6. The highest BCUT2D eigenvalue weighted by atomic mass is 31.1. The second kappa shape index (κ2) is 8.24. The minimum Gasteiger partial charge on any atom is -0.408 e. The molecule has 0 N–H and O–H groups in total. The van der Waals surface area contributed by atoms with Crippen molar-refractivity contribution < 1.29 is 8.39 Å². The molecule has 0 amide bonds. The molecule has 1 saturated carbocycles. The second-order valence-corrected chi connectivity index (χ2v) is 11.3. The van der Waals surface area contributed by atoms with E-state index in [4.69, 9.17) is 8.39 Å². The Labute approximate surface area is 182 Å². The summed E-state index contributed by atoms with van der Waals surface area (Å²) in [6.45, 7) is 8.99. The van der Waals surface area contributed by atoms with Crippen LogP contribution < -0.4 is 4.67 Å². The Morgan fingerprint density at radius 1 is 0.933 bits per heavy atom. The number of aryl methyl sites for hydroxylation is 2. The van der Waals surface area contributed by atoms with Crippen LogP contribution >= 0.6 is 8.16 Å². The van der Waals surface area contributed by atoms with E-state index in [9.17, 15) is 0 Å². The molecule has 162 valence electrons. The molecule has 1 heterocycles. The van der Waals surface area contributed by atoms with Crippen molar-refractivity contribution in [1.29, 1.82) is 0 Å². The number of allylic oxidation sites excluding steroid dienone is 1. The van der Waals surface area contributed by atoms with Gasteiger partial charge in [-0.15, -0.1) is 0 Å². The Hall–Kier alpha value is -1.44. The SMILES string of the molecule is CC(C)N(C(C)C)p1oc2c(c3c4c(ccc3o1)CCCC4)[C@@H]1CCCC[C@H]1C=C2. The molecule has 0 aliphatic heterocycles. The van der Waals surface area contributed by atoms with Gasteiger partial charge in [-0.1, -0.05) is 25.0 Å². The predicted molar refractivity (Wildman–Crippen MR) is 128 cm³/mol. The average Bonchev–Trinajstić information content (AvgIpc) is 2.90. The third-order valence-corrected chi connectivity index (χ3v) is 9.32. The molecule has 3 nitrogen and oxygen atoms in total. The molecule has 0 radical (unpaired) electrons.